The van der Waals surface area contributed by atoms with Crippen LogP contribution in [0.1, 0.15) is 172 Å². The molecular formula is C49H63N5O4. The maximum atomic E-state index is 12.8. The molecule has 9 heteroatoms. The lowest BCUT2D eigenvalue weighted by Crippen LogP contribution is -2.31. The van der Waals surface area contributed by atoms with Crippen LogP contribution in [0.15, 0.2) is 67.7 Å². The summed E-state index contributed by atoms with van der Waals surface area (Å²) in [6.07, 6.45) is 19.7. The number of aromatic amines is 2. The van der Waals surface area contributed by atoms with Crippen LogP contribution in [-0.4, -0.2) is 23.7 Å². The third-order valence-corrected chi connectivity index (χ3v) is 11.2. The van der Waals surface area contributed by atoms with Gasteiger partial charge in [-0.2, -0.15) is 0 Å². The van der Waals surface area contributed by atoms with E-state index < -0.39 is 22.5 Å². The Balaban J connectivity index is 1.63. The second-order valence-electron chi connectivity index (χ2n) is 15.8. The van der Waals surface area contributed by atoms with Crippen LogP contribution < -0.4 is 22.5 Å². The summed E-state index contributed by atoms with van der Waals surface area (Å²) in [6, 6.07) is 15.7. The molecule has 0 aliphatic rings. The van der Waals surface area contributed by atoms with E-state index in [9.17, 15) is 19.2 Å². The largest absolute Gasteiger partial charge is 0.337 e. The third-order valence-electron chi connectivity index (χ3n) is 11.2. The van der Waals surface area contributed by atoms with Crippen LogP contribution in [-0.2, 0) is 13.1 Å². The minimum absolute atomic E-state index is 0.266. The molecule has 0 saturated heterocycles. The fraction of sp³-hybridized carbons (Fsp3) is 0.510. The highest BCUT2D eigenvalue weighted by atomic mass is 16.2. The summed E-state index contributed by atoms with van der Waals surface area (Å²) in [7, 11) is 0. The summed E-state index contributed by atoms with van der Waals surface area (Å²) in [5.74, 6) is 13.0. The Bertz CT molecular complexity index is 2320. The van der Waals surface area contributed by atoms with Gasteiger partial charge in [0, 0.05) is 53.2 Å². The van der Waals surface area contributed by atoms with Crippen LogP contribution in [0.5, 0.6) is 0 Å². The number of aromatic nitrogens is 5. The van der Waals surface area contributed by atoms with Crippen molar-refractivity contribution in [3.63, 3.8) is 0 Å². The number of hydrogen-bond donors (Lipinski definition) is 2. The Kier molecular flexibility index (Phi) is 17.1. The predicted octanol–water partition coefficient (Wildman–Crippen LogP) is 9.94. The highest BCUT2D eigenvalue weighted by Crippen LogP contribution is 2.37. The molecule has 0 atom stereocenters. The van der Waals surface area contributed by atoms with Crippen molar-refractivity contribution in [1.82, 2.24) is 23.7 Å². The van der Waals surface area contributed by atoms with Crippen LogP contribution in [0.2, 0.25) is 0 Å². The highest BCUT2D eigenvalue weighted by molar-refractivity contribution is 6.08. The minimum atomic E-state index is -0.447. The second kappa shape index (κ2) is 22.6. The molecule has 0 spiro atoms. The number of rotatable bonds is 21. The molecular weight excluding hydrogens is 723 g/mol. The zero-order valence-corrected chi connectivity index (χ0v) is 35.3. The SMILES string of the molecule is CCCCCCC(CCCCCC)n1c2cc(C#Cc3cc(=O)[nH]c(=O)n3CCCCCC)ccc2c2ccc(C#Cc3cc(=O)[nH]c(=O)n3CCCCCC)cc21. The standard InChI is InChI=1S/C49H63N5O4/c1-5-9-13-17-21-39(22-18-14-10-6-2)54-44-33-37(23-27-40-35-46(55)50-48(57)52(40)31-19-15-11-7-3)25-29-42(44)43-30-26-38(34-45(43)54)24-28-41-36-47(56)51-49(58)53(41)32-20-16-12-8-4/h25-26,29-30,33-36,39H,5-22,31-32H2,1-4H3,(H,50,55,57)(H,51,56,58). The molecule has 58 heavy (non-hydrogen) atoms. The number of nitrogens with zero attached hydrogens (tertiary/aromatic N) is 3. The summed E-state index contributed by atoms with van der Waals surface area (Å²) in [4.78, 5) is 55.3. The minimum Gasteiger partial charge on any atom is -0.337 e. The van der Waals surface area contributed by atoms with Gasteiger partial charge in [-0.05, 0) is 61.8 Å². The van der Waals surface area contributed by atoms with E-state index in [4.69, 9.17) is 0 Å². The molecule has 9 nitrogen and oxygen atoms in total. The predicted molar refractivity (Wildman–Crippen MR) is 239 cm³/mol. The first kappa shape index (κ1) is 43.8. The monoisotopic (exact) mass is 785 g/mol. The van der Waals surface area contributed by atoms with Crippen LogP contribution in [0.3, 0.4) is 0 Å². The summed E-state index contributed by atoms with van der Waals surface area (Å²) >= 11 is 0. The van der Waals surface area contributed by atoms with Gasteiger partial charge in [-0.3, -0.25) is 28.7 Å². The van der Waals surface area contributed by atoms with Gasteiger partial charge in [0.05, 0.1) is 11.0 Å². The van der Waals surface area contributed by atoms with Crippen molar-refractivity contribution in [2.45, 2.75) is 162 Å². The van der Waals surface area contributed by atoms with Gasteiger partial charge in [-0.1, -0.05) is 142 Å². The molecule has 5 rings (SSSR count). The molecule has 0 bridgehead atoms. The number of H-pyrrole nitrogens is 2. The lowest BCUT2D eigenvalue weighted by atomic mass is 10.00. The molecule has 0 amide bonds. The van der Waals surface area contributed by atoms with Gasteiger partial charge in [-0.15, -0.1) is 0 Å². The molecule has 0 radical (unpaired) electrons. The fourth-order valence-electron chi connectivity index (χ4n) is 7.97. The number of nitrogens with one attached hydrogen (secondary N) is 2. The van der Waals surface area contributed by atoms with E-state index in [0.29, 0.717) is 24.5 Å². The fourth-order valence-corrected chi connectivity index (χ4v) is 7.97. The average Bonchev–Trinajstić information content (AvgIpc) is 3.52. The number of benzene rings is 2. The number of fused-ring (bicyclic) bond motifs is 3. The van der Waals surface area contributed by atoms with E-state index in [2.05, 4.69) is 90.2 Å². The molecule has 2 aromatic carbocycles. The maximum Gasteiger partial charge on any atom is 0.329 e. The van der Waals surface area contributed by atoms with Gasteiger partial charge >= 0.3 is 11.4 Å². The maximum absolute atomic E-state index is 12.8. The lowest BCUT2D eigenvalue weighted by molar-refractivity contribution is 0.413. The summed E-state index contributed by atoms with van der Waals surface area (Å²) in [6.45, 7) is 9.81. The molecule has 3 aromatic heterocycles. The third kappa shape index (κ3) is 11.9. The Morgan fingerprint density at radius 2 is 0.879 bits per heavy atom. The summed E-state index contributed by atoms with van der Waals surface area (Å²) in [5.41, 5.74) is 2.91. The van der Waals surface area contributed by atoms with Crippen molar-refractivity contribution in [3.8, 4) is 23.7 Å². The van der Waals surface area contributed by atoms with Gasteiger partial charge in [0.1, 0.15) is 11.4 Å². The van der Waals surface area contributed by atoms with E-state index in [0.717, 1.165) is 110 Å². The van der Waals surface area contributed by atoms with Crippen molar-refractivity contribution in [1.29, 1.82) is 0 Å². The van der Waals surface area contributed by atoms with E-state index >= 15 is 0 Å². The van der Waals surface area contributed by atoms with Gasteiger partial charge in [-0.25, -0.2) is 9.59 Å². The first-order valence-corrected chi connectivity index (χ1v) is 22.1. The van der Waals surface area contributed by atoms with Crippen molar-refractivity contribution < 1.29 is 0 Å². The van der Waals surface area contributed by atoms with E-state index in [-0.39, 0.29) is 6.04 Å². The molecule has 308 valence electrons. The Hall–Kier alpha value is -5.28. The normalized spacial score (nSPS) is 11.3. The van der Waals surface area contributed by atoms with Gasteiger partial charge in [0.25, 0.3) is 11.1 Å². The quantitative estimate of drug-likeness (QED) is 0.0570. The van der Waals surface area contributed by atoms with Gasteiger partial charge in [0.15, 0.2) is 0 Å². The molecule has 5 aromatic rings. The molecule has 0 aliphatic carbocycles. The molecule has 0 unspecified atom stereocenters. The number of unbranched alkanes of at least 4 members (excludes halogenated alkanes) is 12. The van der Waals surface area contributed by atoms with E-state index in [1.807, 2.05) is 12.1 Å². The Morgan fingerprint density at radius 3 is 1.28 bits per heavy atom. The lowest BCUT2D eigenvalue weighted by Gasteiger charge is -2.22. The van der Waals surface area contributed by atoms with Crippen LogP contribution in [0.4, 0.5) is 0 Å². The Morgan fingerprint density at radius 1 is 0.483 bits per heavy atom. The molecule has 0 fully saturated rings. The van der Waals surface area contributed by atoms with Crippen LogP contribution in [0, 0.1) is 23.7 Å². The first-order chi connectivity index (χ1) is 28.3. The van der Waals surface area contributed by atoms with Crippen molar-refractivity contribution in [3.05, 3.63) is 113 Å². The molecule has 2 N–H and O–H groups in total. The number of hydrogen-bond acceptors (Lipinski definition) is 4. The van der Waals surface area contributed by atoms with Crippen LogP contribution in [0.25, 0.3) is 21.8 Å². The van der Waals surface area contributed by atoms with E-state index in [1.165, 1.54) is 50.7 Å². The highest BCUT2D eigenvalue weighted by Gasteiger charge is 2.19. The molecule has 0 aliphatic heterocycles. The van der Waals surface area contributed by atoms with E-state index in [1.54, 1.807) is 9.13 Å². The molecule has 3 heterocycles. The summed E-state index contributed by atoms with van der Waals surface area (Å²) < 4.78 is 5.68. The average molecular weight is 786 g/mol. The first-order valence-electron chi connectivity index (χ1n) is 22.1. The van der Waals surface area contributed by atoms with Gasteiger partial charge < -0.3 is 4.57 Å². The topological polar surface area (TPSA) is 115 Å². The second-order valence-corrected chi connectivity index (χ2v) is 15.8. The van der Waals surface area contributed by atoms with Crippen molar-refractivity contribution >= 4 is 21.8 Å². The zero-order valence-electron chi connectivity index (χ0n) is 35.3. The van der Waals surface area contributed by atoms with Gasteiger partial charge in [0.2, 0.25) is 0 Å². The van der Waals surface area contributed by atoms with Crippen molar-refractivity contribution in [2.75, 3.05) is 0 Å². The zero-order chi connectivity index (χ0) is 41.3. The summed E-state index contributed by atoms with van der Waals surface area (Å²) in [5, 5.41) is 2.26. The van der Waals surface area contributed by atoms with Crippen molar-refractivity contribution in [2.24, 2.45) is 0 Å². The molecule has 0 saturated carbocycles. The smallest absolute Gasteiger partial charge is 0.329 e. The van der Waals surface area contributed by atoms with Crippen LogP contribution >= 0.6 is 0 Å². The Labute approximate surface area is 343 Å².